The fraction of sp³-hybridized carbons (Fsp3) is 0.533. The number of amides is 1. The first-order valence-corrected chi connectivity index (χ1v) is 6.91. The van der Waals surface area contributed by atoms with Crippen molar-refractivity contribution in [1.82, 2.24) is 5.32 Å². The number of hydrogen-bond acceptors (Lipinski definition) is 3. The summed E-state index contributed by atoms with van der Waals surface area (Å²) < 4.78 is 28.7. The molecule has 0 radical (unpaired) electrons. The van der Waals surface area contributed by atoms with Crippen LogP contribution in [0.4, 0.5) is 8.78 Å². The van der Waals surface area contributed by atoms with E-state index in [0.717, 1.165) is 6.42 Å². The molecule has 0 aromatic heterocycles. The van der Waals surface area contributed by atoms with E-state index in [1.807, 2.05) is 6.92 Å². The van der Waals surface area contributed by atoms with E-state index in [0.29, 0.717) is 12.0 Å². The topological polar surface area (TPSA) is 64.4 Å². The Morgan fingerprint density at radius 2 is 2.09 bits per heavy atom. The highest BCUT2D eigenvalue weighted by molar-refractivity contribution is 5.86. The van der Waals surface area contributed by atoms with Crippen molar-refractivity contribution < 1.29 is 18.3 Å². The van der Waals surface area contributed by atoms with Gasteiger partial charge in [-0.25, -0.2) is 0 Å². The van der Waals surface area contributed by atoms with Gasteiger partial charge in [-0.05, 0) is 38.0 Å². The van der Waals surface area contributed by atoms with E-state index in [4.69, 9.17) is 5.73 Å². The number of alkyl halides is 2. The van der Waals surface area contributed by atoms with E-state index in [9.17, 15) is 13.6 Å². The largest absolute Gasteiger partial charge is 0.435 e. The third-order valence-electron chi connectivity index (χ3n) is 3.22. The van der Waals surface area contributed by atoms with E-state index < -0.39 is 12.2 Å². The maximum atomic E-state index is 12.2. The quantitative estimate of drug-likeness (QED) is 0.802. The van der Waals surface area contributed by atoms with Gasteiger partial charge < -0.3 is 15.8 Å². The van der Waals surface area contributed by atoms with Gasteiger partial charge >= 0.3 is 6.61 Å². The second kappa shape index (κ2) is 8.90. The van der Waals surface area contributed by atoms with E-state index in [1.165, 1.54) is 12.1 Å². The lowest BCUT2D eigenvalue weighted by Crippen LogP contribution is -2.52. The Balaban J connectivity index is 0.00000441. The van der Waals surface area contributed by atoms with Crippen LogP contribution in [0, 0.1) is 0 Å². The second-order valence-electron chi connectivity index (χ2n) is 5.31. The van der Waals surface area contributed by atoms with Crippen LogP contribution in [0.1, 0.15) is 45.2 Å². The van der Waals surface area contributed by atoms with E-state index in [2.05, 4.69) is 10.1 Å². The smallest absolute Gasteiger partial charge is 0.387 e. The highest BCUT2D eigenvalue weighted by Gasteiger charge is 2.28. The van der Waals surface area contributed by atoms with Gasteiger partial charge in [0.1, 0.15) is 5.75 Å². The Hall–Kier alpha value is -1.40. The SMILES string of the molecule is CCCC(C)(N)C(=O)NC(C)c1cccc(OC(F)F)c1.Cl. The summed E-state index contributed by atoms with van der Waals surface area (Å²) in [6, 6.07) is 5.90. The zero-order valence-corrected chi connectivity index (χ0v) is 13.8. The fourth-order valence-corrected chi connectivity index (χ4v) is 2.04. The van der Waals surface area contributed by atoms with Crippen molar-refractivity contribution in [2.45, 2.75) is 51.8 Å². The number of carbonyl (C=O) groups excluding carboxylic acids is 1. The average molecular weight is 337 g/mol. The van der Waals surface area contributed by atoms with E-state index in [-0.39, 0.29) is 30.1 Å². The molecule has 4 nitrogen and oxygen atoms in total. The number of benzene rings is 1. The van der Waals surface area contributed by atoms with Crippen molar-refractivity contribution in [3.05, 3.63) is 29.8 Å². The van der Waals surface area contributed by atoms with Gasteiger partial charge in [-0.15, -0.1) is 12.4 Å². The van der Waals surface area contributed by atoms with Gasteiger partial charge in [-0.1, -0.05) is 25.5 Å². The van der Waals surface area contributed by atoms with Gasteiger partial charge in [0.05, 0.1) is 11.6 Å². The highest BCUT2D eigenvalue weighted by atomic mass is 35.5. The molecular weight excluding hydrogens is 314 g/mol. The van der Waals surface area contributed by atoms with Gasteiger partial charge in [0.25, 0.3) is 0 Å². The minimum absolute atomic E-state index is 0. The number of halogens is 3. The molecule has 0 saturated heterocycles. The molecule has 1 amide bonds. The molecule has 126 valence electrons. The number of nitrogens with one attached hydrogen (secondary N) is 1. The Kier molecular flexibility index (Phi) is 8.34. The summed E-state index contributed by atoms with van der Waals surface area (Å²) in [7, 11) is 0. The third kappa shape index (κ3) is 6.15. The maximum Gasteiger partial charge on any atom is 0.387 e. The average Bonchev–Trinajstić information content (AvgIpc) is 2.38. The molecule has 1 aromatic carbocycles. The first kappa shape index (κ1) is 20.6. The zero-order valence-electron chi connectivity index (χ0n) is 12.9. The molecule has 0 heterocycles. The number of ether oxygens (including phenoxy) is 1. The summed E-state index contributed by atoms with van der Waals surface area (Å²) in [6.07, 6.45) is 1.37. The van der Waals surface area contributed by atoms with Crippen LogP contribution in [0.25, 0.3) is 0 Å². The summed E-state index contributed by atoms with van der Waals surface area (Å²) >= 11 is 0. The van der Waals surface area contributed by atoms with Crippen LogP contribution < -0.4 is 15.8 Å². The standard InChI is InChI=1S/C15H22F2N2O2.ClH/c1-4-8-15(3,18)13(20)19-10(2)11-6-5-7-12(9-11)21-14(16)17;/h5-7,9-10,14H,4,8,18H2,1-3H3,(H,19,20);1H. The summed E-state index contributed by atoms with van der Waals surface area (Å²) in [5, 5.41) is 2.79. The molecule has 1 rings (SSSR count). The van der Waals surface area contributed by atoms with Crippen molar-refractivity contribution in [3.8, 4) is 5.75 Å². The predicted octanol–water partition coefficient (Wildman–Crippen LogP) is 3.40. The first-order valence-electron chi connectivity index (χ1n) is 6.91. The molecule has 2 atom stereocenters. The van der Waals surface area contributed by atoms with Gasteiger partial charge in [-0.2, -0.15) is 8.78 Å². The number of rotatable bonds is 7. The fourth-order valence-electron chi connectivity index (χ4n) is 2.04. The molecule has 22 heavy (non-hydrogen) atoms. The first-order chi connectivity index (χ1) is 9.76. The molecule has 0 saturated carbocycles. The molecule has 2 unspecified atom stereocenters. The van der Waals surface area contributed by atoms with Gasteiger partial charge in [0, 0.05) is 0 Å². The zero-order chi connectivity index (χ0) is 16.0. The summed E-state index contributed by atoms with van der Waals surface area (Å²) in [6.45, 7) is 2.52. The Morgan fingerprint density at radius 1 is 1.45 bits per heavy atom. The van der Waals surface area contributed by atoms with Gasteiger partial charge in [-0.3, -0.25) is 4.79 Å². The van der Waals surface area contributed by atoms with E-state index in [1.54, 1.807) is 26.0 Å². The summed E-state index contributed by atoms with van der Waals surface area (Å²) in [4.78, 5) is 12.1. The molecule has 7 heteroatoms. The molecule has 0 aliphatic rings. The Morgan fingerprint density at radius 3 is 2.64 bits per heavy atom. The second-order valence-corrected chi connectivity index (χ2v) is 5.31. The number of nitrogens with two attached hydrogens (primary N) is 1. The third-order valence-corrected chi connectivity index (χ3v) is 3.22. The lowest BCUT2D eigenvalue weighted by Gasteiger charge is -2.25. The van der Waals surface area contributed by atoms with Crippen molar-refractivity contribution in [3.63, 3.8) is 0 Å². The Labute approximate surface area is 135 Å². The highest BCUT2D eigenvalue weighted by Crippen LogP contribution is 2.21. The lowest BCUT2D eigenvalue weighted by molar-refractivity contribution is -0.126. The normalized spacial score (nSPS) is 14.7. The van der Waals surface area contributed by atoms with Crippen LogP contribution in [-0.2, 0) is 4.79 Å². The summed E-state index contributed by atoms with van der Waals surface area (Å²) in [5.74, 6) is -0.204. The molecule has 1 aromatic rings. The van der Waals surface area contributed by atoms with Crippen molar-refractivity contribution in [1.29, 1.82) is 0 Å². The minimum atomic E-state index is -2.87. The molecule has 0 fully saturated rings. The van der Waals surface area contributed by atoms with Crippen LogP contribution in [0.15, 0.2) is 24.3 Å². The molecule has 0 spiro atoms. The van der Waals surface area contributed by atoms with E-state index >= 15 is 0 Å². The maximum absolute atomic E-state index is 12.2. The van der Waals surface area contributed by atoms with Crippen LogP contribution in [0.2, 0.25) is 0 Å². The molecule has 3 N–H and O–H groups in total. The van der Waals surface area contributed by atoms with Crippen LogP contribution in [-0.4, -0.2) is 18.1 Å². The molecular formula is C15H23ClF2N2O2. The molecule has 0 bridgehead atoms. The van der Waals surface area contributed by atoms with Crippen molar-refractivity contribution in [2.24, 2.45) is 5.73 Å². The molecule has 0 aliphatic heterocycles. The van der Waals surface area contributed by atoms with Crippen molar-refractivity contribution >= 4 is 18.3 Å². The monoisotopic (exact) mass is 336 g/mol. The number of carbonyl (C=O) groups is 1. The van der Waals surface area contributed by atoms with Crippen LogP contribution in [0.5, 0.6) is 5.75 Å². The minimum Gasteiger partial charge on any atom is -0.435 e. The molecule has 0 aliphatic carbocycles. The van der Waals surface area contributed by atoms with Crippen LogP contribution in [0.3, 0.4) is 0 Å². The summed E-state index contributed by atoms with van der Waals surface area (Å²) in [5.41, 5.74) is 5.69. The lowest BCUT2D eigenvalue weighted by atomic mass is 9.95. The van der Waals surface area contributed by atoms with Gasteiger partial charge in [0.2, 0.25) is 5.91 Å². The Bertz CT molecular complexity index is 484. The van der Waals surface area contributed by atoms with Crippen LogP contribution >= 0.6 is 12.4 Å². The van der Waals surface area contributed by atoms with Gasteiger partial charge in [0.15, 0.2) is 0 Å². The van der Waals surface area contributed by atoms with Crippen molar-refractivity contribution in [2.75, 3.05) is 0 Å². The predicted molar refractivity (Wildman–Crippen MR) is 84.4 cm³/mol. The number of hydrogen-bond donors (Lipinski definition) is 2.